The van der Waals surface area contributed by atoms with Crippen molar-refractivity contribution in [3.8, 4) is 5.75 Å². The van der Waals surface area contributed by atoms with Crippen LogP contribution in [0.1, 0.15) is 44.6 Å². The Balaban J connectivity index is 2.07. The van der Waals surface area contributed by atoms with Gasteiger partial charge in [0.2, 0.25) is 0 Å². The fraction of sp³-hybridized carbons (Fsp3) is 0.611. The van der Waals surface area contributed by atoms with Crippen LogP contribution in [0.25, 0.3) is 0 Å². The van der Waals surface area contributed by atoms with Crippen LogP contribution in [0.3, 0.4) is 0 Å². The molecule has 1 aliphatic rings. The topological polar surface area (TPSA) is 35.5 Å². The van der Waals surface area contributed by atoms with Gasteiger partial charge in [0.15, 0.2) is 5.78 Å². The van der Waals surface area contributed by atoms with E-state index in [9.17, 15) is 4.79 Å². The van der Waals surface area contributed by atoms with Crippen molar-refractivity contribution in [2.45, 2.75) is 51.6 Å². The number of benzene rings is 1. The van der Waals surface area contributed by atoms with Gasteiger partial charge in [-0.3, -0.25) is 4.79 Å². The molecule has 0 saturated heterocycles. The van der Waals surface area contributed by atoms with Gasteiger partial charge in [-0.25, -0.2) is 0 Å². The largest absolute Gasteiger partial charge is 0.496 e. The van der Waals surface area contributed by atoms with E-state index in [1.54, 1.807) is 7.11 Å². The van der Waals surface area contributed by atoms with Crippen LogP contribution in [0.5, 0.6) is 5.75 Å². The summed E-state index contributed by atoms with van der Waals surface area (Å²) in [5.41, 5.74) is 0.950. The minimum Gasteiger partial charge on any atom is -0.496 e. The predicted molar refractivity (Wildman–Crippen MR) is 83.7 cm³/mol. The molecule has 116 valence electrons. The number of carbonyl (C=O) groups is 1. The van der Waals surface area contributed by atoms with Crippen LogP contribution < -0.4 is 4.74 Å². The summed E-state index contributed by atoms with van der Waals surface area (Å²) in [6.45, 7) is 2.56. The normalized spacial score (nSPS) is 17.4. The number of Topliss-reactive ketones (excluding diaryl/α,β-unsaturated/α-hetero) is 1. The fourth-order valence-corrected chi connectivity index (χ4v) is 3.25. The average molecular weight is 290 g/mol. The first-order valence-electron chi connectivity index (χ1n) is 8.02. The first-order valence-corrected chi connectivity index (χ1v) is 8.02. The molecule has 1 aromatic carbocycles. The standard InChI is InChI=1S/C18H26O3/c1-3-21-18(14-9-5-4-6-10-14)16(19)13-15-11-7-8-12-17(15)20-2/h7-8,11-12,14,18H,3-6,9-10,13H2,1-2H3. The van der Waals surface area contributed by atoms with Crippen LogP contribution in [-0.2, 0) is 16.0 Å². The fourth-order valence-electron chi connectivity index (χ4n) is 3.25. The highest BCUT2D eigenvalue weighted by Gasteiger charge is 2.30. The number of hydrogen-bond donors (Lipinski definition) is 0. The third kappa shape index (κ3) is 4.31. The van der Waals surface area contributed by atoms with E-state index in [-0.39, 0.29) is 11.9 Å². The van der Waals surface area contributed by atoms with E-state index in [4.69, 9.17) is 9.47 Å². The highest BCUT2D eigenvalue weighted by molar-refractivity contribution is 5.86. The number of ketones is 1. The molecule has 21 heavy (non-hydrogen) atoms. The molecule has 1 saturated carbocycles. The Morgan fingerprint density at radius 1 is 1.24 bits per heavy atom. The van der Waals surface area contributed by atoms with Gasteiger partial charge >= 0.3 is 0 Å². The van der Waals surface area contributed by atoms with E-state index in [1.807, 2.05) is 31.2 Å². The second kappa shape index (κ2) is 8.18. The number of para-hydroxylation sites is 1. The minimum atomic E-state index is -0.250. The molecule has 0 heterocycles. The van der Waals surface area contributed by atoms with E-state index >= 15 is 0 Å². The number of methoxy groups -OCH3 is 1. The number of ether oxygens (including phenoxy) is 2. The van der Waals surface area contributed by atoms with Gasteiger partial charge < -0.3 is 9.47 Å². The highest BCUT2D eigenvalue weighted by Crippen LogP contribution is 2.29. The van der Waals surface area contributed by atoms with Crippen LogP contribution in [-0.4, -0.2) is 25.6 Å². The van der Waals surface area contributed by atoms with E-state index in [0.717, 1.165) is 24.2 Å². The molecule has 1 aliphatic carbocycles. The lowest BCUT2D eigenvalue weighted by Gasteiger charge is -2.29. The zero-order chi connectivity index (χ0) is 15.1. The molecule has 1 atom stereocenters. The molecule has 3 heteroatoms. The first kappa shape index (κ1) is 16.0. The van der Waals surface area contributed by atoms with E-state index < -0.39 is 0 Å². The highest BCUT2D eigenvalue weighted by atomic mass is 16.5. The third-order valence-corrected chi connectivity index (χ3v) is 4.30. The summed E-state index contributed by atoms with van der Waals surface area (Å²) in [5.74, 6) is 1.36. The monoisotopic (exact) mass is 290 g/mol. The minimum absolute atomic E-state index is 0.188. The second-order valence-electron chi connectivity index (χ2n) is 5.73. The van der Waals surface area contributed by atoms with Crippen molar-refractivity contribution in [1.82, 2.24) is 0 Å². The zero-order valence-corrected chi connectivity index (χ0v) is 13.1. The number of rotatable bonds is 7. The number of hydrogen-bond acceptors (Lipinski definition) is 3. The molecule has 0 amide bonds. The van der Waals surface area contributed by atoms with Crippen molar-refractivity contribution >= 4 is 5.78 Å². The smallest absolute Gasteiger partial charge is 0.166 e. The van der Waals surface area contributed by atoms with Gasteiger partial charge in [-0.1, -0.05) is 37.5 Å². The molecule has 3 nitrogen and oxygen atoms in total. The SMILES string of the molecule is CCOC(C(=O)Cc1ccccc1OC)C1CCCCC1. The van der Waals surface area contributed by atoms with Crippen molar-refractivity contribution in [2.75, 3.05) is 13.7 Å². The van der Waals surface area contributed by atoms with Crippen LogP contribution in [0.4, 0.5) is 0 Å². The summed E-state index contributed by atoms with van der Waals surface area (Å²) >= 11 is 0. The van der Waals surface area contributed by atoms with Crippen molar-refractivity contribution < 1.29 is 14.3 Å². The Bertz CT molecular complexity index is 450. The number of carbonyl (C=O) groups excluding carboxylic acids is 1. The Hall–Kier alpha value is -1.35. The Morgan fingerprint density at radius 3 is 2.62 bits per heavy atom. The van der Waals surface area contributed by atoms with Crippen LogP contribution in [0.2, 0.25) is 0 Å². The molecule has 0 bridgehead atoms. The van der Waals surface area contributed by atoms with Gasteiger partial charge in [0, 0.05) is 18.6 Å². The molecular formula is C18H26O3. The van der Waals surface area contributed by atoms with Gasteiger partial charge in [-0.05, 0) is 31.7 Å². The molecule has 1 fully saturated rings. The molecule has 1 aromatic rings. The van der Waals surface area contributed by atoms with Crippen LogP contribution in [0.15, 0.2) is 24.3 Å². The summed E-state index contributed by atoms with van der Waals surface area (Å²) < 4.78 is 11.1. The second-order valence-corrected chi connectivity index (χ2v) is 5.73. The quantitative estimate of drug-likeness (QED) is 0.766. The lowest BCUT2D eigenvalue weighted by molar-refractivity contribution is -0.134. The molecule has 0 aliphatic heterocycles. The van der Waals surface area contributed by atoms with Crippen molar-refractivity contribution in [3.63, 3.8) is 0 Å². The molecule has 0 N–H and O–H groups in total. The molecule has 0 spiro atoms. The first-order chi connectivity index (χ1) is 10.3. The van der Waals surface area contributed by atoms with Crippen molar-refractivity contribution in [3.05, 3.63) is 29.8 Å². The molecule has 0 aromatic heterocycles. The lowest BCUT2D eigenvalue weighted by Crippen LogP contribution is -2.35. The van der Waals surface area contributed by atoms with Gasteiger partial charge in [0.05, 0.1) is 7.11 Å². The third-order valence-electron chi connectivity index (χ3n) is 4.30. The lowest BCUT2D eigenvalue weighted by atomic mass is 9.82. The van der Waals surface area contributed by atoms with Gasteiger partial charge in [-0.15, -0.1) is 0 Å². The predicted octanol–water partition coefficient (Wildman–Crippen LogP) is 3.79. The van der Waals surface area contributed by atoms with Gasteiger partial charge in [0.25, 0.3) is 0 Å². The summed E-state index contributed by atoms with van der Waals surface area (Å²) in [6.07, 6.45) is 6.10. The van der Waals surface area contributed by atoms with E-state index in [0.29, 0.717) is 18.9 Å². The van der Waals surface area contributed by atoms with Gasteiger partial charge in [-0.2, -0.15) is 0 Å². The Kier molecular flexibility index (Phi) is 6.24. The summed E-state index contributed by atoms with van der Waals surface area (Å²) in [5, 5.41) is 0. The Morgan fingerprint density at radius 2 is 1.95 bits per heavy atom. The summed E-state index contributed by atoms with van der Waals surface area (Å²) in [7, 11) is 1.64. The average Bonchev–Trinajstić information content (AvgIpc) is 2.53. The van der Waals surface area contributed by atoms with Gasteiger partial charge in [0.1, 0.15) is 11.9 Å². The Labute approximate surface area is 127 Å². The molecule has 1 unspecified atom stereocenters. The summed E-state index contributed by atoms with van der Waals surface area (Å²) in [6, 6.07) is 7.73. The van der Waals surface area contributed by atoms with E-state index in [1.165, 1.54) is 19.3 Å². The maximum atomic E-state index is 12.7. The molecular weight excluding hydrogens is 264 g/mol. The van der Waals surface area contributed by atoms with Crippen LogP contribution >= 0.6 is 0 Å². The molecule has 0 radical (unpaired) electrons. The molecule has 2 rings (SSSR count). The van der Waals surface area contributed by atoms with Crippen molar-refractivity contribution in [2.24, 2.45) is 5.92 Å². The van der Waals surface area contributed by atoms with Crippen LogP contribution in [0, 0.1) is 5.92 Å². The van der Waals surface area contributed by atoms with Crippen molar-refractivity contribution in [1.29, 1.82) is 0 Å². The van der Waals surface area contributed by atoms with E-state index in [2.05, 4.69) is 0 Å². The zero-order valence-electron chi connectivity index (χ0n) is 13.1. The maximum Gasteiger partial charge on any atom is 0.166 e. The summed E-state index contributed by atoms with van der Waals surface area (Å²) in [4.78, 5) is 12.7. The maximum absolute atomic E-state index is 12.7.